The predicted molar refractivity (Wildman–Crippen MR) is 93.4 cm³/mol. The fourth-order valence-corrected chi connectivity index (χ4v) is 0.763. The van der Waals surface area contributed by atoms with E-state index in [1.54, 1.807) is 7.11 Å². The Morgan fingerprint density at radius 3 is 1.30 bits per heavy atom. The van der Waals surface area contributed by atoms with Gasteiger partial charge >= 0.3 is 0 Å². The molecule has 3 rings (SSSR count). The molecule has 0 spiro atoms. The first-order chi connectivity index (χ1) is 10.7. The van der Waals surface area contributed by atoms with E-state index in [-0.39, 0.29) is 0 Å². The first-order valence-electron chi connectivity index (χ1n) is 9.00. The Balaban J connectivity index is -0.000000205. The number of epoxide rings is 1. The summed E-state index contributed by atoms with van der Waals surface area (Å²) in [5, 5.41) is 0. The second-order valence-corrected chi connectivity index (χ2v) is 5.43. The highest BCUT2D eigenvalue weighted by Gasteiger charge is 2.13. The molecule has 3 aliphatic rings. The van der Waals surface area contributed by atoms with Crippen molar-refractivity contribution in [2.24, 2.45) is 0 Å². The zero-order valence-corrected chi connectivity index (χ0v) is 14.2. The van der Waals surface area contributed by atoms with Crippen LogP contribution in [0.2, 0.25) is 0 Å². The molecule has 1 heterocycles. The summed E-state index contributed by atoms with van der Waals surface area (Å²) in [5.41, 5.74) is 0. The molecule has 1 aliphatic heterocycles. The average molecular weight is 284 g/mol. The van der Waals surface area contributed by atoms with E-state index in [1.807, 2.05) is 0 Å². The molecule has 4 heteroatoms. The van der Waals surface area contributed by atoms with Crippen molar-refractivity contribution in [2.75, 3.05) is 13.7 Å². The maximum absolute atomic E-state index is 5.25. The van der Waals surface area contributed by atoms with Gasteiger partial charge in [0, 0.05) is 23.9 Å². The van der Waals surface area contributed by atoms with Crippen LogP contribution in [0.4, 0.5) is 0 Å². The summed E-state index contributed by atoms with van der Waals surface area (Å²) in [5.74, 6) is 0. The Labute approximate surface area is 134 Å². The van der Waals surface area contributed by atoms with Crippen LogP contribution < -0.4 is 0 Å². The highest BCUT2D eigenvalue weighted by molar-refractivity contribution is 5.76. The quantitative estimate of drug-likeness (QED) is 0.570. The van der Waals surface area contributed by atoms with Crippen LogP contribution in [0.3, 0.4) is 0 Å². The van der Waals surface area contributed by atoms with Gasteiger partial charge < -0.3 is 9.47 Å². The van der Waals surface area contributed by atoms with Gasteiger partial charge in [0.25, 0.3) is 0 Å². The second-order valence-electron chi connectivity index (χ2n) is 5.43. The van der Waals surface area contributed by atoms with Crippen molar-refractivity contribution in [3.05, 3.63) is 0 Å². The Bertz CT molecular complexity index is 146. The first kappa shape index (κ1) is 20.0. The molecule has 0 aromatic heterocycles. The Morgan fingerprint density at radius 2 is 1.30 bits per heavy atom. The molecular formula is C16H36B2O2. The lowest BCUT2D eigenvalue weighted by Gasteiger charge is -2.05. The van der Waals surface area contributed by atoms with Crippen LogP contribution in [0.1, 0.15) is 78.6 Å². The maximum atomic E-state index is 5.25. The number of ether oxygens (including phenoxy) is 2. The summed E-state index contributed by atoms with van der Waals surface area (Å²) in [6.45, 7) is 7.20. The zero-order valence-electron chi connectivity index (χ0n) is 16.2. The van der Waals surface area contributed by atoms with Gasteiger partial charge in [-0.15, -0.1) is 0 Å². The minimum Gasteiger partial charge on any atom is -0.382 e. The third-order valence-corrected chi connectivity index (χ3v) is 3.48. The monoisotopic (exact) mass is 284 g/mol. The molecule has 2 atom stereocenters. The van der Waals surface area contributed by atoms with Crippen molar-refractivity contribution in [3.8, 4) is 0 Å². The summed E-state index contributed by atoms with van der Waals surface area (Å²) in [7, 11) is 9.23. The SMILES string of the molecule is C1CCC1.C1CCC1.CC1CO1.CCC(C)OC.[2H][B].[2H][B]. The largest absolute Gasteiger partial charge is 0.382 e. The molecule has 20 heavy (non-hydrogen) atoms. The second kappa shape index (κ2) is 19.0. The molecule has 4 radical (unpaired) electrons. The van der Waals surface area contributed by atoms with Crippen molar-refractivity contribution in [2.45, 2.75) is 90.8 Å². The van der Waals surface area contributed by atoms with Crippen molar-refractivity contribution in [3.63, 3.8) is 0 Å². The van der Waals surface area contributed by atoms with Gasteiger partial charge in [0.15, 0.2) is 0 Å². The Morgan fingerprint density at radius 1 is 1.05 bits per heavy atom. The van der Waals surface area contributed by atoms with Crippen molar-refractivity contribution in [1.82, 2.24) is 0 Å². The number of methoxy groups -OCH3 is 1. The lowest BCUT2D eigenvalue weighted by molar-refractivity contribution is 0.115. The third-order valence-electron chi connectivity index (χ3n) is 3.48. The van der Waals surface area contributed by atoms with Crippen LogP contribution in [0.25, 0.3) is 0 Å². The number of hydrogen-bond acceptors (Lipinski definition) is 2. The molecule has 1 saturated heterocycles. The smallest absolute Gasteiger partial charge is 0.0781 e. The van der Waals surface area contributed by atoms with E-state index in [4.69, 9.17) is 12.1 Å². The van der Waals surface area contributed by atoms with Crippen LogP contribution in [0.15, 0.2) is 0 Å². The minimum absolute atomic E-state index is 0.435. The van der Waals surface area contributed by atoms with E-state index in [1.165, 1.54) is 51.4 Å². The lowest BCUT2D eigenvalue weighted by Crippen LogP contribution is -2.00. The van der Waals surface area contributed by atoms with Gasteiger partial charge in [-0.3, -0.25) is 0 Å². The zero-order chi connectivity index (χ0) is 17.6. The summed E-state index contributed by atoms with van der Waals surface area (Å²) in [6.07, 6.45) is 14.1. The van der Waals surface area contributed by atoms with Crippen molar-refractivity contribution in [1.29, 1.82) is 2.67 Å². The van der Waals surface area contributed by atoms with Gasteiger partial charge in [-0.25, -0.2) is 0 Å². The van der Waals surface area contributed by atoms with Gasteiger partial charge in [0.1, 0.15) is 0 Å². The van der Waals surface area contributed by atoms with Crippen molar-refractivity contribution < 1.29 is 9.47 Å². The van der Waals surface area contributed by atoms with Crippen LogP contribution in [0.5, 0.6) is 0 Å². The molecule has 0 bridgehead atoms. The van der Waals surface area contributed by atoms with E-state index < -0.39 is 0 Å². The number of hydrogen-bond donors (Lipinski definition) is 0. The molecule has 2 aliphatic carbocycles. The Hall–Kier alpha value is 0.0499. The number of rotatable bonds is 2. The van der Waals surface area contributed by atoms with Crippen molar-refractivity contribution >= 4 is 16.8 Å². The van der Waals surface area contributed by atoms with Gasteiger partial charge in [-0.05, 0) is 22.9 Å². The highest BCUT2D eigenvalue weighted by Crippen LogP contribution is 2.15. The van der Waals surface area contributed by atoms with Gasteiger partial charge in [-0.1, -0.05) is 58.3 Å². The topological polar surface area (TPSA) is 21.8 Å². The van der Waals surface area contributed by atoms with E-state index in [0.29, 0.717) is 12.2 Å². The summed E-state index contributed by atoms with van der Waals surface area (Å²) in [4.78, 5) is 0. The maximum Gasteiger partial charge on any atom is 0.0781 e. The lowest BCUT2D eigenvalue weighted by atomic mass is 10.0. The van der Waals surface area contributed by atoms with E-state index in [9.17, 15) is 0 Å². The molecule has 2 saturated carbocycles. The van der Waals surface area contributed by atoms with Gasteiger partial charge in [0.2, 0.25) is 0 Å². The van der Waals surface area contributed by atoms with Gasteiger partial charge in [0.05, 0.1) is 18.8 Å². The summed E-state index contributed by atoms with van der Waals surface area (Å²) < 4.78 is 20.1. The predicted octanol–water partition coefficient (Wildman–Crippen LogP) is 3.66. The Kier molecular flexibility index (Phi) is 19.1. The fraction of sp³-hybridized carbons (Fsp3) is 1.00. The highest BCUT2D eigenvalue weighted by atomic mass is 16.6. The van der Waals surface area contributed by atoms with Crippen LogP contribution in [-0.2, 0) is 9.47 Å². The summed E-state index contributed by atoms with van der Waals surface area (Å²) in [6, 6.07) is 0. The minimum atomic E-state index is 0.435. The average Bonchev–Trinajstić information content (AvgIpc) is 3.22. The molecule has 3 fully saturated rings. The molecule has 0 aromatic carbocycles. The van der Waals surface area contributed by atoms with E-state index >= 15 is 0 Å². The van der Waals surface area contributed by atoms with E-state index in [2.05, 4.69) is 37.5 Å². The molecule has 0 N–H and O–H groups in total. The van der Waals surface area contributed by atoms with Crippen LogP contribution in [0, 0.1) is 0 Å². The molecule has 0 aromatic rings. The van der Waals surface area contributed by atoms with Gasteiger partial charge in [-0.2, -0.15) is 0 Å². The third kappa shape index (κ3) is 23.2. The molecular weight excluding hydrogens is 246 g/mol. The normalized spacial score (nSPS) is 22.5. The first-order valence-corrected chi connectivity index (χ1v) is 7.85. The van der Waals surface area contributed by atoms with Crippen LogP contribution in [-0.4, -0.2) is 45.3 Å². The van der Waals surface area contributed by atoms with E-state index in [0.717, 1.165) is 13.0 Å². The van der Waals surface area contributed by atoms with Crippen LogP contribution >= 0.6 is 0 Å². The standard InChI is InChI=1S/C5H12O.2C4H8.C3H6O.2BH/c1-4-5(2)6-3;2*1-2-4-3-1;1-3-2-4-3;;/h5H,4H2,1-3H3;2*1-4H2;3H,2H2,1H3;2*1H/i;;;;2*1D. The molecule has 2 nitrogen and oxygen atoms in total. The summed E-state index contributed by atoms with van der Waals surface area (Å²) >= 11 is 0. The fourth-order valence-electron chi connectivity index (χ4n) is 0.763. The molecule has 118 valence electrons. The molecule has 0 amide bonds. The molecule has 2 unspecified atom stereocenters.